The Balaban J connectivity index is 1.84. The van der Waals surface area contributed by atoms with Crippen molar-refractivity contribution in [1.82, 2.24) is 0 Å². The summed E-state index contributed by atoms with van der Waals surface area (Å²) in [5.74, 6) is 0.180. The van der Waals surface area contributed by atoms with Crippen LogP contribution in [0.5, 0.6) is 5.75 Å². The summed E-state index contributed by atoms with van der Waals surface area (Å²) in [4.78, 5) is 24.3. The molecule has 0 radical (unpaired) electrons. The average Bonchev–Trinajstić information content (AvgIpc) is 2.56. The fourth-order valence-electron chi connectivity index (χ4n) is 3.05. The first-order valence-corrected chi connectivity index (χ1v) is 11.8. The van der Waals surface area contributed by atoms with Crippen molar-refractivity contribution in [2.45, 2.75) is 45.1 Å². The fourth-order valence-corrected chi connectivity index (χ4v) is 6.85. The number of hydrogen-bond acceptors (Lipinski definition) is 4. The van der Waals surface area contributed by atoms with Crippen LogP contribution >= 0.6 is 67.8 Å². The Bertz CT molecular complexity index is 649. The van der Waals surface area contributed by atoms with E-state index in [2.05, 4.69) is 73.1 Å². The predicted molar refractivity (Wildman–Crippen MR) is 124 cm³/mol. The Morgan fingerprint density at radius 2 is 1.62 bits per heavy atom. The van der Waals surface area contributed by atoms with Crippen LogP contribution in [-0.4, -0.2) is 30.6 Å². The topological polar surface area (TPSA) is 69.2 Å². The lowest BCUT2D eigenvalue weighted by atomic mass is 9.83. The molecule has 1 heterocycles. The van der Waals surface area contributed by atoms with Crippen LogP contribution in [0.25, 0.3) is 0 Å². The molecule has 1 aromatic rings. The van der Waals surface area contributed by atoms with Gasteiger partial charge in [-0.2, -0.15) is 0 Å². The number of carbonyl (C=O) groups excluding carboxylic acids is 2. The third-order valence-corrected chi connectivity index (χ3v) is 6.74. The van der Waals surface area contributed by atoms with Gasteiger partial charge in [0.25, 0.3) is 0 Å². The number of benzene rings is 1. The van der Waals surface area contributed by atoms with Crippen LogP contribution in [0.15, 0.2) is 12.1 Å². The number of nitrogens with two attached hydrogens (primary N) is 1. The second-order valence-electron chi connectivity index (χ2n) is 6.89. The number of piperidine rings is 1. The molecule has 26 heavy (non-hydrogen) atoms. The Kier molecular flexibility index (Phi) is 8.86. The first kappa shape index (κ1) is 22.6. The molecule has 8 heteroatoms. The highest BCUT2D eigenvalue weighted by molar-refractivity contribution is 14.1. The zero-order valence-corrected chi connectivity index (χ0v) is 21.3. The highest BCUT2D eigenvalue weighted by Gasteiger charge is 2.35. The Hall–Kier alpha value is 0.310. The van der Waals surface area contributed by atoms with Crippen LogP contribution < -0.4 is 10.1 Å². The zero-order chi connectivity index (χ0) is 19.3. The Labute approximate surface area is 195 Å². The van der Waals surface area contributed by atoms with E-state index in [1.54, 1.807) is 0 Å². The van der Waals surface area contributed by atoms with E-state index in [-0.39, 0.29) is 18.8 Å². The maximum Gasteiger partial charge on any atom is 0.311 e. The van der Waals surface area contributed by atoms with Crippen molar-refractivity contribution in [3.63, 3.8) is 0 Å². The molecule has 0 aliphatic carbocycles. The summed E-state index contributed by atoms with van der Waals surface area (Å²) >= 11 is 6.52. The summed E-state index contributed by atoms with van der Waals surface area (Å²) in [5.41, 5.74) is -0.490. The minimum atomic E-state index is -0.490. The molecule has 2 N–H and O–H groups in total. The molecule has 5 nitrogen and oxygen atoms in total. The number of carbonyl (C=O) groups is 2. The van der Waals surface area contributed by atoms with Crippen LogP contribution in [0.1, 0.15) is 39.5 Å². The van der Waals surface area contributed by atoms with Crippen LogP contribution in [0.4, 0.5) is 0 Å². The first-order chi connectivity index (χ1) is 12.2. The van der Waals surface area contributed by atoms with E-state index in [9.17, 15) is 9.59 Å². The van der Waals surface area contributed by atoms with Crippen LogP contribution in [0.3, 0.4) is 0 Å². The van der Waals surface area contributed by atoms with E-state index in [0.717, 1.165) is 36.6 Å². The molecule has 1 fully saturated rings. The molecule has 1 saturated heterocycles. The molecule has 0 amide bonds. The average molecular weight is 698 g/mol. The van der Waals surface area contributed by atoms with Gasteiger partial charge in [-0.05, 0) is 93.8 Å². The smallest absolute Gasteiger partial charge is 0.311 e. The predicted octanol–water partition coefficient (Wildman–Crippen LogP) is 3.48. The Morgan fingerprint density at radius 3 is 2.19 bits per heavy atom. The molecule has 1 aromatic carbocycles. The molecule has 2 rings (SSSR count). The minimum absolute atomic E-state index is 0.0193. The second kappa shape index (κ2) is 10.2. The van der Waals surface area contributed by atoms with Gasteiger partial charge >= 0.3 is 11.9 Å². The van der Waals surface area contributed by atoms with Crippen molar-refractivity contribution in [1.29, 1.82) is 0 Å². The van der Waals surface area contributed by atoms with Crippen molar-refractivity contribution < 1.29 is 24.4 Å². The van der Waals surface area contributed by atoms with Gasteiger partial charge in [-0.15, -0.1) is 0 Å². The monoisotopic (exact) mass is 698 g/mol. The van der Waals surface area contributed by atoms with Gasteiger partial charge in [0.05, 0.1) is 33.1 Å². The maximum absolute atomic E-state index is 12.2. The molecule has 1 aliphatic rings. The largest absolute Gasteiger partial charge is 0.459 e. The third kappa shape index (κ3) is 6.73. The normalized spacial score (nSPS) is 15.6. The van der Waals surface area contributed by atoms with Gasteiger partial charge < -0.3 is 14.8 Å². The van der Waals surface area contributed by atoms with E-state index in [4.69, 9.17) is 9.47 Å². The third-order valence-electron chi connectivity index (χ3n) is 4.51. The van der Waals surface area contributed by atoms with Crippen molar-refractivity contribution in [2.24, 2.45) is 5.92 Å². The summed E-state index contributed by atoms with van der Waals surface area (Å²) in [6.45, 7) is 6.08. The van der Waals surface area contributed by atoms with Crippen molar-refractivity contribution in [2.75, 3.05) is 13.1 Å². The standard InChI is InChI=1S/C18H22I3NO4/c1-18(2,11-5-7-22-8-6-11)26-16(24)4-3-15(23)25-17-13(20)9-12(19)10-14(17)21/h9-11,22H,3-8H2,1-2H3/p+1. The van der Waals surface area contributed by atoms with E-state index in [1.807, 2.05) is 26.0 Å². The number of halogens is 3. The molecule has 0 unspecified atom stereocenters. The lowest BCUT2D eigenvalue weighted by molar-refractivity contribution is -0.665. The van der Waals surface area contributed by atoms with E-state index < -0.39 is 11.6 Å². The summed E-state index contributed by atoms with van der Waals surface area (Å²) < 4.78 is 14.0. The summed E-state index contributed by atoms with van der Waals surface area (Å²) in [6.07, 6.45) is 2.15. The second-order valence-corrected chi connectivity index (χ2v) is 10.5. The van der Waals surface area contributed by atoms with Gasteiger partial charge in [0.2, 0.25) is 0 Å². The van der Waals surface area contributed by atoms with Crippen molar-refractivity contribution in [3.05, 3.63) is 22.8 Å². The number of ether oxygens (including phenoxy) is 2. The van der Waals surface area contributed by atoms with Crippen LogP contribution in [-0.2, 0) is 14.3 Å². The minimum Gasteiger partial charge on any atom is -0.459 e. The first-order valence-electron chi connectivity index (χ1n) is 8.58. The highest BCUT2D eigenvalue weighted by atomic mass is 127. The molecule has 144 valence electrons. The quantitative estimate of drug-likeness (QED) is 0.281. The van der Waals surface area contributed by atoms with Gasteiger partial charge in [-0.3, -0.25) is 9.59 Å². The molecule has 0 bridgehead atoms. The summed E-state index contributed by atoms with van der Waals surface area (Å²) in [7, 11) is 0. The van der Waals surface area contributed by atoms with E-state index in [1.165, 1.54) is 0 Å². The van der Waals surface area contributed by atoms with Crippen molar-refractivity contribution >= 4 is 79.7 Å². The van der Waals surface area contributed by atoms with Gasteiger partial charge in [0.1, 0.15) is 5.60 Å². The highest BCUT2D eigenvalue weighted by Crippen LogP contribution is 2.30. The fraction of sp³-hybridized carbons (Fsp3) is 0.556. The van der Waals surface area contributed by atoms with Gasteiger partial charge in [-0.1, -0.05) is 0 Å². The number of esters is 2. The van der Waals surface area contributed by atoms with Gasteiger partial charge in [0, 0.05) is 22.3 Å². The zero-order valence-electron chi connectivity index (χ0n) is 14.8. The SMILES string of the molecule is CC(C)(OC(=O)CCC(=O)Oc1c(I)cc(I)cc1I)C1CC[NH2+]CC1. The van der Waals surface area contributed by atoms with Crippen molar-refractivity contribution in [3.8, 4) is 5.75 Å². The van der Waals surface area contributed by atoms with Gasteiger partial charge in [0.15, 0.2) is 5.75 Å². The summed E-state index contributed by atoms with van der Waals surface area (Å²) in [5, 5.41) is 2.29. The number of rotatable bonds is 6. The van der Waals surface area contributed by atoms with Crippen LogP contribution in [0, 0.1) is 16.6 Å². The van der Waals surface area contributed by atoms with E-state index in [0.29, 0.717) is 11.7 Å². The summed E-state index contributed by atoms with van der Waals surface area (Å²) in [6, 6.07) is 3.90. The van der Waals surface area contributed by atoms with Gasteiger partial charge in [-0.25, -0.2) is 0 Å². The molecule has 1 aliphatic heterocycles. The van der Waals surface area contributed by atoms with E-state index >= 15 is 0 Å². The molecule has 0 atom stereocenters. The molecular formula is C18H23I3NO4+. The number of quaternary nitrogens is 1. The van der Waals surface area contributed by atoms with Crippen LogP contribution in [0.2, 0.25) is 0 Å². The lowest BCUT2D eigenvalue weighted by Crippen LogP contribution is -2.86. The molecule has 0 aromatic heterocycles. The lowest BCUT2D eigenvalue weighted by Gasteiger charge is -2.35. The maximum atomic E-state index is 12.2. The number of hydrogen-bond donors (Lipinski definition) is 1. The Morgan fingerprint density at radius 1 is 1.08 bits per heavy atom. The molecular weight excluding hydrogens is 675 g/mol. The molecule has 0 spiro atoms. The molecule has 0 saturated carbocycles.